The van der Waals surface area contributed by atoms with E-state index < -0.39 is 10.0 Å². The Labute approximate surface area is 164 Å². The molecule has 0 aliphatic carbocycles. The van der Waals surface area contributed by atoms with Crippen LogP contribution < -0.4 is 10.6 Å². The lowest BCUT2D eigenvalue weighted by Crippen LogP contribution is -2.49. The standard InChI is InChI=1S/C17H22N4O4S.ClH/c22-16-11-21(5-4-19-16)26(24,25)15-3-1-2-12(6-15)17(23)20-9-13-7-18-8-14(13)10-20;/h1-3,6,13-14,18H,4-5,7-11H2,(H,19,22);1H/t13-,14+;. The number of nitrogens with zero attached hydrogens (tertiary/aromatic N) is 2. The second-order valence-corrected chi connectivity index (χ2v) is 9.04. The lowest BCUT2D eigenvalue weighted by molar-refractivity contribution is -0.122. The van der Waals surface area contributed by atoms with Crippen LogP contribution in [0.25, 0.3) is 0 Å². The number of halogens is 1. The van der Waals surface area contributed by atoms with Gasteiger partial charge in [-0.15, -0.1) is 12.4 Å². The molecule has 3 aliphatic heterocycles. The van der Waals surface area contributed by atoms with Crippen LogP contribution in [0.2, 0.25) is 0 Å². The molecule has 0 spiro atoms. The zero-order valence-electron chi connectivity index (χ0n) is 14.8. The number of benzene rings is 1. The lowest BCUT2D eigenvalue weighted by Gasteiger charge is -2.26. The van der Waals surface area contributed by atoms with Gasteiger partial charge in [0.25, 0.3) is 5.91 Å². The first-order valence-electron chi connectivity index (χ1n) is 8.82. The molecule has 3 fully saturated rings. The molecule has 0 saturated carbocycles. The van der Waals surface area contributed by atoms with Crippen molar-refractivity contribution in [1.29, 1.82) is 0 Å². The first-order chi connectivity index (χ1) is 12.4. The molecule has 0 aromatic heterocycles. The normalized spacial score (nSPS) is 25.6. The van der Waals surface area contributed by atoms with Gasteiger partial charge in [0.1, 0.15) is 0 Å². The minimum atomic E-state index is -3.80. The fourth-order valence-corrected chi connectivity index (χ4v) is 5.41. The third-order valence-electron chi connectivity index (χ3n) is 5.40. The van der Waals surface area contributed by atoms with Gasteiger partial charge in [-0.2, -0.15) is 4.31 Å². The van der Waals surface area contributed by atoms with Gasteiger partial charge in [-0.3, -0.25) is 9.59 Å². The van der Waals surface area contributed by atoms with E-state index >= 15 is 0 Å². The van der Waals surface area contributed by atoms with E-state index in [0.29, 0.717) is 37.0 Å². The maximum atomic E-state index is 12.8. The Morgan fingerprint density at radius 2 is 1.85 bits per heavy atom. The van der Waals surface area contributed by atoms with Crippen LogP contribution in [0.3, 0.4) is 0 Å². The van der Waals surface area contributed by atoms with Crippen molar-refractivity contribution < 1.29 is 18.0 Å². The summed E-state index contributed by atoms with van der Waals surface area (Å²) in [5.74, 6) is 0.521. The van der Waals surface area contributed by atoms with Gasteiger partial charge in [0.05, 0.1) is 11.4 Å². The molecule has 148 valence electrons. The van der Waals surface area contributed by atoms with Crippen LogP contribution in [0.4, 0.5) is 0 Å². The van der Waals surface area contributed by atoms with E-state index in [0.717, 1.165) is 17.4 Å². The Bertz CT molecular complexity index is 835. The van der Waals surface area contributed by atoms with Crippen LogP contribution in [-0.4, -0.2) is 75.3 Å². The predicted octanol–water partition coefficient (Wildman–Crippen LogP) is -0.480. The molecule has 4 rings (SSSR count). The molecule has 27 heavy (non-hydrogen) atoms. The van der Waals surface area contributed by atoms with Gasteiger partial charge in [-0.05, 0) is 30.0 Å². The summed E-state index contributed by atoms with van der Waals surface area (Å²) in [7, 11) is -3.80. The molecule has 1 aromatic carbocycles. The van der Waals surface area contributed by atoms with E-state index in [-0.39, 0.29) is 42.2 Å². The number of rotatable bonds is 3. The third kappa shape index (κ3) is 3.82. The molecule has 0 unspecified atom stereocenters. The van der Waals surface area contributed by atoms with Gasteiger partial charge in [0.15, 0.2) is 0 Å². The minimum absolute atomic E-state index is 0. The minimum Gasteiger partial charge on any atom is -0.354 e. The number of hydrogen-bond acceptors (Lipinski definition) is 5. The van der Waals surface area contributed by atoms with Gasteiger partial charge >= 0.3 is 0 Å². The number of nitrogens with one attached hydrogen (secondary N) is 2. The highest BCUT2D eigenvalue weighted by Crippen LogP contribution is 2.28. The van der Waals surface area contributed by atoms with Crippen molar-refractivity contribution in [3.63, 3.8) is 0 Å². The number of sulfonamides is 1. The van der Waals surface area contributed by atoms with Gasteiger partial charge in [0, 0.05) is 44.8 Å². The maximum absolute atomic E-state index is 12.8. The zero-order valence-corrected chi connectivity index (χ0v) is 16.4. The second kappa shape index (κ2) is 7.75. The number of carbonyl (C=O) groups is 2. The zero-order chi connectivity index (χ0) is 18.3. The molecule has 2 amide bonds. The molecule has 0 radical (unpaired) electrons. The number of carbonyl (C=O) groups excluding carboxylic acids is 2. The predicted molar refractivity (Wildman–Crippen MR) is 101 cm³/mol. The number of hydrogen-bond donors (Lipinski definition) is 2. The van der Waals surface area contributed by atoms with Crippen LogP contribution in [0.15, 0.2) is 29.2 Å². The van der Waals surface area contributed by atoms with Crippen molar-refractivity contribution in [2.24, 2.45) is 11.8 Å². The number of amides is 2. The fraction of sp³-hybridized carbons (Fsp3) is 0.529. The smallest absolute Gasteiger partial charge is 0.253 e. The highest BCUT2D eigenvalue weighted by atomic mass is 35.5. The van der Waals surface area contributed by atoms with Crippen molar-refractivity contribution >= 4 is 34.2 Å². The highest BCUT2D eigenvalue weighted by Gasteiger charge is 2.38. The number of likely N-dealkylation sites (tertiary alicyclic amines) is 1. The van der Waals surface area contributed by atoms with E-state index in [1.54, 1.807) is 12.1 Å². The quantitative estimate of drug-likeness (QED) is 0.696. The van der Waals surface area contributed by atoms with Crippen LogP contribution in [0, 0.1) is 11.8 Å². The summed E-state index contributed by atoms with van der Waals surface area (Å²) in [6.45, 7) is 3.61. The van der Waals surface area contributed by atoms with Crippen LogP contribution in [0.5, 0.6) is 0 Å². The molecule has 10 heteroatoms. The summed E-state index contributed by atoms with van der Waals surface area (Å²) in [6, 6.07) is 6.14. The molecule has 0 bridgehead atoms. The number of piperazine rings is 1. The summed E-state index contributed by atoms with van der Waals surface area (Å²) < 4.78 is 26.8. The van der Waals surface area contributed by atoms with Crippen molar-refractivity contribution in [2.45, 2.75) is 4.90 Å². The SMILES string of the molecule is Cl.O=C1CN(S(=O)(=O)c2cccc(C(=O)N3C[C@H]4CNC[C@H]4C3)c2)CCN1. The largest absolute Gasteiger partial charge is 0.354 e. The monoisotopic (exact) mass is 414 g/mol. The van der Waals surface area contributed by atoms with E-state index in [9.17, 15) is 18.0 Å². The second-order valence-electron chi connectivity index (χ2n) is 7.10. The molecule has 8 nitrogen and oxygen atoms in total. The van der Waals surface area contributed by atoms with Crippen LogP contribution >= 0.6 is 12.4 Å². The number of fused-ring (bicyclic) bond motifs is 1. The van der Waals surface area contributed by atoms with Gasteiger partial charge in [-0.1, -0.05) is 6.07 Å². The Morgan fingerprint density at radius 1 is 1.15 bits per heavy atom. The summed E-state index contributed by atoms with van der Waals surface area (Å²) in [5, 5.41) is 5.95. The molecule has 3 aliphatic rings. The summed E-state index contributed by atoms with van der Waals surface area (Å²) in [5.41, 5.74) is 0.375. The van der Waals surface area contributed by atoms with Crippen molar-refractivity contribution in [2.75, 3.05) is 45.8 Å². The Morgan fingerprint density at radius 3 is 2.52 bits per heavy atom. The molecule has 3 heterocycles. The maximum Gasteiger partial charge on any atom is 0.253 e. The van der Waals surface area contributed by atoms with E-state index in [1.807, 2.05) is 4.90 Å². The fourth-order valence-electron chi connectivity index (χ4n) is 3.96. The summed E-state index contributed by atoms with van der Waals surface area (Å²) >= 11 is 0. The van der Waals surface area contributed by atoms with Crippen LogP contribution in [-0.2, 0) is 14.8 Å². The topological polar surface area (TPSA) is 98.8 Å². The van der Waals surface area contributed by atoms with Crippen LogP contribution in [0.1, 0.15) is 10.4 Å². The Balaban J connectivity index is 0.00000210. The Hall–Kier alpha value is -1.68. The van der Waals surface area contributed by atoms with Gasteiger partial charge in [-0.25, -0.2) is 8.42 Å². The molecule has 2 atom stereocenters. The molecular weight excluding hydrogens is 392 g/mol. The van der Waals surface area contributed by atoms with Crippen molar-refractivity contribution in [1.82, 2.24) is 19.8 Å². The van der Waals surface area contributed by atoms with Gasteiger partial charge < -0.3 is 15.5 Å². The highest BCUT2D eigenvalue weighted by molar-refractivity contribution is 7.89. The first kappa shape index (κ1) is 20.1. The summed E-state index contributed by atoms with van der Waals surface area (Å²) in [6.07, 6.45) is 0. The van der Waals surface area contributed by atoms with Crippen molar-refractivity contribution in [3.05, 3.63) is 29.8 Å². The third-order valence-corrected chi connectivity index (χ3v) is 7.24. The average molecular weight is 415 g/mol. The van der Waals surface area contributed by atoms with E-state index in [4.69, 9.17) is 0 Å². The average Bonchev–Trinajstić information content (AvgIpc) is 3.23. The molecule has 1 aromatic rings. The molecule has 2 N–H and O–H groups in total. The first-order valence-corrected chi connectivity index (χ1v) is 10.3. The van der Waals surface area contributed by atoms with E-state index in [2.05, 4.69) is 10.6 Å². The van der Waals surface area contributed by atoms with E-state index in [1.165, 1.54) is 12.1 Å². The van der Waals surface area contributed by atoms with Gasteiger partial charge in [0.2, 0.25) is 15.9 Å². The summed E-state index contributed by atoms with van der Waals surface area (Å²) in [4.78, 5) is 26.2. The molecule has 3 saturated heterocycles. The van der Waals surface area contributed by atoms with Crippen molar-refractivity contribution in [3.8, 4) is 0 Å². The lowest BCUT2D eigenvalue weighted by atomic mass is 10.0. The molecular formula is C17H23ClN4O4S. The Kier molecular flexibility index (Phi) is 5.76.